The normalized spacial score (nSPS) is 10.5. The summed E-state index contributed by atoms with van der Waals surface area (Å²) in [6.07, 6.45) is 0.930. The van der Waals surface area contributed by atoms with E-state index in [0.717, 1.165) is 17.5 Å². The second kappa shape index (κ2) is 6.06. The van der Waals surface area contributed by atoms with Crippen LogP contribution < -0.4 is 10.5 Å². The molecule has 0 amide bonds. The number of hydrogen-bond donors (Lipinski definition) is 1. The molecule has 0 radical (unpaired) electrons. The van der Waals surface area contributed by atoms with Gasteiger partial charge in [0.15, 0.2) is 0 Å². The maximum absolute atomic E-state index is 13.4. The van der Waals surface area contributed by atoms with Gasteiger partial charge in [-0.3, -0.25) is 0 Å². The number of ether oxygens (including phenoxy) is 1. The molecule has 0 aliphatic heterocycles. The highest BCUT2D eigenvalue weighted by molar-refractivity contribution is 9.10. The third-order valence-electron chi connectivity index (χ3n) is 2.90. The van der Waals surface area contributed by atoms with Gasteiger partial charge in [0.1, 0.15) is 18.2 Å². The van der Waals surface area contributed by atoms with Gasteiger partial charge in [0.2, 0.25) is 0 Å². The van der Waals surface area contributed by atoms with E-state index in [1.54, 1.807) is 6.07 Å². The predicted molar refractivity (Wildman–Crippen MR) is 78.7 cm³/mol. The van der Waals surface area contributed by atoms with Crippen LogP contribution >= 0.6 is 15.9 Å². The molecule has 2 N–H and O–H groups in total. The molecule has 0 saturated carbocycles. The van der Waals surface area contributed by atoms with Crippen molar-refractivity contribution in [3.05, 3.63) is 57.8 Å². The first kappa shape index (κ1) is 13.9. The Balaban J connectivity index is 2.12. The van der Waals surface area contributed by atoms with Crippen LogP contribution in [0.4, 0.5) is 10.1 Å². The lowest BCUT2D eigenvalue weighted by Crippen LogP contribution is -2.01. The van der Waals surface area contributed by atoms with Crippen molar-refractivity contribution < 1.29 is 9.13 Å². The van der Waals surface area contributed by atoms with E-state index in [-0.39, 0.29) is 12.4 Å². The second-order valence-electron chi connectivity index (χ2n) is 4.23. The van der Waals surface area contributed by atoms with Gasteiger partial charge in [0.25, 0.3) is 0 Å². The lowest BCUT2D eigenvalue weighted by molar-refractivity contribution is 0.306. The average molecular weight is 324 g/mol. The summed E-state index contributed by atoms with van der Waals surface area (Å²) in [5, 5.41) is 0. The van der Waals surface area contributed by atoms with Gasteiger partial charge in [-0.15, -0.1) is 0 Å². The molecule has 0 saturated heterocycles. The highest BCUT2D eigenvalue weighted by Crippen LogP contribution is 2.26. The summed E-state index contributed by atoms with van der Waals surface area (Å²) in [5.74, 6) is 0.323. The molecule has 2 nitrogen and oxygen atoms in total. The Bertz CT molecular complexity index is 586. The topological polar surface area (TPSA) is 35.2 Å². The fourth-order valence-electron chi connectivity index (χ4n) is 1.76. The fourth-order valence-corrected chi connectivity index (χ4v) is 2.14. The minimum Gasteiger partial charge on any atom is -0.487 e. The number of benzene rings is 2. The van der Waals surface area contributed by atoms with Crippen LogP contribution in [0.3, 0.4) is 0 Å². The molecule has 19 heavy (non-hydrogen) atoms. The zero-order chi connectivity index (χ0) is 13.8. The first-order chi connectivity index (χ1) is 9.11. The number of aryl methyl sites for hydroxylation is 1. The van der Waals surface area contributed by atoms with E-state index in [9.17, 15) is 4.39 Å². The quantitative estimate of drug-likeness (QED) is 0.851. The number of nitrogen functional groups attached to an aromatic ring is 1. The van der Waals surface area contributed by atoms with Gasteiger partial charge in [-0.05, 0) is 46.1 Å². The zero-order valence-electron chi connectivity index (χ0n) is 10.6. The molecule has 0 unspecified atom stereocenters. The molecule has 2 aromatic carbocycles. The summed E-state index contributed by atoms with van der Waals surface area (Å²) in [4.78, 5) is 0. The third-order valence-corrected chi connectivity index (χ3v) is 3.79. The number of anilines is 1. The monoisotopic (exact) mass is 323 g/mol. The Morgan fingerprint density at radius 2 is 2.05 bits per heavy atom. The molecule has 100 valence electrons. The van der Waals surface area contributed by atoms with Crippen molar-refractivity contribution in [2.45, 2.75) is 20.0 Å². The Labute approximate surface area is 120 Å². The molecule has 4 heteroatoms. The zero-order valence-corrected chi connectivity index (χ0v) is 12.2. The maximum Gasteiger partial charge on any atom is 0.142 e. The van der Waals surface area contributed by atoms with Gasteiger partial charge in [-0.25, -0.2) is 4.39 Å². The van der Waals surface area contributed by atoms with Gasteiger partial charge in [-0.1, -0.05) is 25.1 Å². The Hall–Kier alpha value is -1.55. The standard InChI is InChI=1S/C15H15BrFNO/c1-2-10-6-7-14(13(18)8-10)19-9-11-4-3-5-12(17)15(11)16/h3-8H,2,9,18H2,1H3. The Kier molecular flexibility index (Phi) is 4.43. The van der Waals surface area contributed by atoms with Crippen LogP contribution in [-0.4, -0.2) is 0 Å². The summed E-state index contributed by atoms with van der Waals surface area (Å²) in [6, 6.07) is 10.6. The second-order valence-corrected chi connectivity index (χ2v) is 5.02. The third kappa shape index (κ3) is 3.26. The molecular weight excluding hydrogens is 309 g/mol. The molecule has 0 aliphatic carbocycles. The van der Waals surface area contributed by atoms with Gasteiger partial charge < -0.3 is 10.5 Å². The minimum atomic E-state index is -0.296. The summed E-state index contributed by atoms with van der Waals surface area (Å²) < 4.78 is 19.4. The van der Waals surface area contributed by atoms with E-state index < -0.39 is 0 Å². The molecule has 0 aromatic heterocycles. The Morgan fingerprint density at radius 1 is 1.26 bits per heavy atom. The first-order valence-electron chi connectivity index (χ1n) is 6.06. The summed E-state index contributed by atoms with van der Waals surface area (Å²) >= 11 is 3.21. The van der Waals surface area contributed by atoms with Gasteiger partial charge in [-0.2, -0.15) is 0 Å². The average Bonchev–Trinajstić information content (AvgIpc) is 2.41. The van der Waals surface area contributed by atoms with Crippen molar-refractivity contribution in [1.29, 1.82) is 0 Å². The summed E-state index contributed by atoms with van der Waals surface area (Å²) in [5.41, 5.74) is 8.43. The largest absolute Gasteiger partial charge is 0.487 e. The summed E-state index contributed by atoms with van der Waals surface area (Å²) in [7, 11) is 0. The van der Waals surface area contributed by atoms with Crippen molar-refractivity contribution in [2.24, 2.45) is 0 Å². The van der Waals surface area contributed by atoms with Crippen LogP contribution in [-0.2, 0) is 13.0 Å². The number of nitrogens with two attached hydrogens (primary N) is 1. The SMILES string of the molecule is CCc1ccc(OCc2cccc(F)c2Br)c(N)c1. The predicted octanol–water partition coefficient (Wildman–Crippen LogP) is 4.31. The Morgan fingerprint density at radius 3 is 2.74 bits per heavy atom. The molecule has 0 atom stereocenters. The molecule has 0 aliphatic rings. The van der Waals surface area contributed by atoms with Crippen molar-refractivity contribution in [3.63, 3.8) is 0 Å². The van der Waals surface area contributed by atoms with Crippen LogP contribution in [0.1, 0.15) is 18.1 Å². The van der Waals surface area contributed by atoms with Gasteiger partial charge >= 0.3 is 0 Å². The number of rotatable bonds is 4. The van der Waals surface area contributed by atoms with E-state index in [1.807, 2.05) is 24.3 Å². The van der Waals surface area contributed by atoms with Crippen LogP contribution in [0, 0.1) is 5.82 Å². The van der Waals surface area contributed by atoms with Gasteiger partial charge in [0, 0.05) is 5.56 Å². The number of hydrogen-bond acceptors (Lipinski definition) is 2. The van der Waals surface area contributed by atoms with Gasteiger partial charge in [0.05, 0.1) is 10.2 Å². The van der Waals surface area contributed by atoms with Crippen LogP contribution in [0.25, 0.3) is 0 Å². The van der Waals surface area contributed by atoms with Crippen LogP contribution in [0.5, 0.6) is 5.75 Å². The highest BCUT2D eigenvalue weighted by atomic mass is 79.9. The molecule has 2 rings (SSSR count). The number of halogens is 2. The molecule has 2 aromatic rings. The van der Waals surface area contributed by atoms with E-state index in [0.29, 0.717) is 15.9 Å². The lowest BCUT2D eigenvalue weighted by atomic mass is 10.1. The molecule has 0 fully saturated rings. The first-order valence-corrected chi connectivity index (χ1v) is 6.85. The maximum atomic E-state index is 13.4. The molecule has 0 bridgehead atoms. The van der Waals surface area contributed by atoms with Crippen molar-refractivity contribution in [2.75, 3.05) is 5.73 Å². The van der Waals surface area contributed by atoms with Crippen LogP contribution in [0.15, 0.2) is 40.9 Å². The summed E-state index contributed by atoms with van der Waals surface area (Å²) in [6.45, 7) is 2.34. The van der Waals surface area contributed by atoms with E-state index in [1.165, 1.54) is 6.07 Å². The minimum absolute atomic E-state index is 0.272. The molecule has 0 heterocycles. The van der Waals surface area contributed by atoms with E-state index in [2.05, 4.69) is 22.9 Å². The van der Waals surface area contributed by atoms with Crippen molar-refractivity contribution in [1.82, 2.24) is 0 Å². The lowest BCUT2D eigenvalue weighted by Gasteiger charge is -2.11. The molecule has 0 spiro atoms. The molecular formula is C15H15BrFNO. The highest BCUT2D eigenvalue weighted by Gasteiger charge is 2.07. The van der Waals surface area contributed by atoms with E-state index >= 15 is 0 Å². The van der Waals surface area contributed by atoms with Crippen molar-refractivity contribution in [3.8, 4) is 5.75 Å². The van der Waals surface area contributed by atoms with E-state index in [4.69, 9.17) is 10.5 Å². The fraction of sp³-hybridized carbons (Fsp3) is 0.200. The van der Waals surface area contributed by atoms with Crippen molar-refractivity contribution >= 4 is 21.6 Å². The smallest absolute Gasteiger partial charge is 0.142 e. The van der Waals surface area contributed by atoms with Crippen LogP contribution in [0.2, 0.25) is 0 Å².